The van der Waals surface area contributed by atoms with E-state index in [0.717, 1.165) is 17.0 Å². The fourth-order valence-corrected chi connectivity index (χ4v) is 1.94. The lowest BCUT2D eigenvalue weighted by Gasteiger charge is -2.19. The summed E-state index contributed by atoms with van der Waals surface area (Å²) in [5.41, 5.74) is 1.37. The van der Waals surface area contributed by atoms with E-state index in [4.69, 9.17) is 4.74 Å². The lowest BCUT2D eigenvalue weighted by atomic mass is 9.92. The van der Waals surface area contributed by atoms with Gasteiger partial charge in [-0.05, 0) is 30.7 Å². The van der Waals surface area contributed by atoms with Crippen molar-refractivity contribution in [3.63, 3.8) is 0 Å². The molecule has 1 atom stereocenters. The highest BCUT2D eigenvalue weighted by Gasteiger charge is 2.30. The summed E-state index contributed by atoms with van der Waals surface area (Å²) in [7, 11) is 1.64. The van der Waals surface area contributed by atoms with E-state index in [1.54, 1.807) is 7.11 Å². The number of benzene rings is 1. The molecule has 0 saturated heterocycles. The molecule has 4 nitrogen and oxygen atoms in total. The highest BCUT2D eigenvalue weighted by atomic mass is 16.5. The maximum absolute atomic E-state index is 9.47. The number of nitrogens with zero attached hydrogens (tertiary/aromatic N) is 2. The molecular weight excluding hydrogens is 216 g/mol. The molecule has 1 heterocycles. The van der Waals surface area contributed by atoms with E-state index in [2.05, 4.69) is 10.2 Å². The molecular formula is C13H16N2O2. The average Bonchev–Trinajstić information content (AvgIpc) is 2.72. The van der Waals surface area contributed by atoms with Gasteiger partial charge in [0, 0.05) is 6.42 Å². The minimum atomic E-state index is -0.585. The van der Waals surface area contributed by atoms with Crippen LogP contribution in [-0.4, -0.2) is 24.4 Å². The summed E-state index contributed by atoms with van der Waals surface area (Å²) in [6.07, 6.45) is 2.56. The van der Waals surface area contributed by atoms with E-state index in [1.807, 2.05) is 37.3 Å². The molecule has 1 aliphatic rings. The molecule has 4 heteroatoms. The third-order valence-electron chi connectivity index (χ3n) is 2.83. The zero-order valence-corrected chi connectivity index (χ0v) is 10.1. The first-order valence-electron chi connectivity index (χ1n) is 5.54. The van der Waals surface area contributed by atoms with Crippen LogP contribution in [-0.2, 0) is 6.42 Å². The molecule has 0 amide bonds. The van der Waals surface area contributed by atoms with Crippen molar-refractivity contribution in [3.8, 4) is 5.75 Å². The molecule has 0 radical (unpaired) electrons. The molecule has 0 spiro atoms. The summed E-state index contributed by atoms with van der Waals surface area (Å²) in [5.74, 6) is 0.826. The maximum Gasteiger partial charge on any atom is 0.129 e. The molecule has 0 aromatic heterocycles. The Kier molecular flexibility index (Phi) is 3.24. The number of azo groups is 1. The zero-order chi connectivity index (χ0) is 12.3. The Labute approximate surface area is 101 Å². The number of ether oxygens (including phenoxy) is 1. The predicted octanol–water partition coefficient (Wildman–Crippen LogP) is 2.34. The second kappa shape index (κ2) is 4.67. The number of hydrogen-bond acceptors (Lipinski definition) is 4. The first kappa shape index (κ1) is 11.8. The van der Waals surface area contributed by atoms with Crippen molar-refractivity contribution in [2.45, 2.75) is 18.9 Å². The largest absolute Gasteiger partial charge is 0.497 e. The van der Waals surface area contributed by atoms with Gasteiger partial charge in [-0.2, -0.15) is 10.2 Å². The third kappa shape index (κ3) is 2.53. The number of rotatable bonds is 4. The second-order valence-electron chi connectivity index (χ2n) is 4.27. The molecule has 0 fully saturated rings. The molecule has 2 rings (SSSR count). The minimum absolute atomic E-state index is 0.0279. The van der Waals surface area contributed by atoms with Crippen LogP contribution >= 0.6 is 0 Å². The van der Waals surface area contributed by atoms with Crippen molar-refractivity contribution < 1.29 is 9.84 Å². The number of aliphatic hydroxyl groups excluding tert-OH is 1. The second-order valence-corrected chi connectivity index (χ2v) is 4.27. The summed E-state index contributed by atoms with van der Waals surface area (Å²) in [6.45, 7) is 1.86. The predicted molar refractivity (Wildman–Crippen MR) is 65.1 cm³/mol. The highest BCUT2D eigenvalue weighted by Crippen LogP contribution is 2.28. The molecule has 0 bridgehead atoms. The van der Waals surface area contributed by atoms with Gasteiger partial charge in [0.05, 0.1) is 19.4 Å². The Morgan fingerprint density at radius 3 is 2.47 bits per heavy atom. The van der Waals surface area contributed by atoms with Crippen LogP contribution in [0.2, 0.25) is 0 Å². The van der Waals surface area contributed by atoms with Crippen molar-refractivity contribution >= 4 is 0 Å². The van der Waals surface area contributed by atoms with Crippen LogP contribution < -0.4 is 4.74 Å². The molecule has 0 saturated carbocycles. The Balaban J connectivity index is 2.17. The Morgan fingerprint density at radius 1 is 1.29 bits per heavy atom. The van der Waals surface area contributed by atoms with Crippen molar-refractivity contribution in [2.75, 3.05) is 13.7 Å². The first-order chi connectivity index (χ1) is 8.17. The van der Waals surface area contributed by atoms with Crippen LogP contribution in [0.25, 0.3) is 0 Å². The number of hydrogen-bond donors (Lipinski definition) is 1. The topological polar surface area (TPSA) is 54.2 Å². The summed E-state index contributed by atoms with van der Waals surface area (Å²) in [5, 5.41) is 17.6. The van der Waals surface area contributed by atoms with E-state index in [9.17, 15) is 5.11 Å². The molecule has 1 aromatic carbocycles. The number of methoxy groups -OCH3 is 1. The van der Waals surface area contributed by atoms with E-state index in [-0.39, 0.29) is 6.61 Å². The fraction of sp³-hybridized carbons (Fsp3) is 0.385. The van der Waals surface area contributed by atoms with Gasteiger partial charge in [-0.15, -0.1) is 0 Å². The first-order valence-corrected chi connectivity index (χ1v) is 5.54. The van der Waals surface area contributed by atoms with Gasteiger partial charge < -0.3 is 9.84 Å². The van der Waals surface area contributed by atoms with Gasteiger partial charge >= 0.3 is 0 Å². The summed E-state index contributed by atoms with van der Waals surface area (Å²) in [6, 6.07) is 7.77. The molecule has 1 unspecified atom stereocenters. The summed E-state index contributed by atoms with van der Waals surface area (Å²) >= 11 is 0. The SMILES string of the molecule is COc1ccc(CC2(CO)C=C(C)N=N2)cc1. The van der Waals surface area contributed by atoms with E-state index < -0.39 is 5.54 Å². The smallest absolute Gasteiger partial charge is 0.129 e. The van der Waals surface area contributed by atoms with Crippen LogP contribution in [0.4, 0.5) is 0 Å². The van der Waals surface area contributed by atoms with Crippen LogP contribution in [0, 0.1) is 0 Å². The van der Waals surface area contributed by atoms with Crippen molar-refractivity contribution in [3.05, 3.63) is 41.6 Å². The van der Waals surface area contributed by atoms with E-state index >= 15 is 0 Å². The van der Waals surface area contributed by atoms with Crippen LogP contribution in [0.3, 0.4) is 0 Å². The highest BCUT2D eigenvalue weighted by molar-refractivity contribution is 5.30. The summed E-state index contributed by atoms with van der Waals surface area (Å²) < 4.78 is 5.10. The monoisotopic (exact) mass is 232 g/mol. The average molecular weight is 232 g/mol. The van der Waals surface area contributed by atoms with Crippen LogP contribution in [0.1, 0.15) is 12.5 Å². The molecule has 1 aliphatic heterocycles. The van der Waals surface area contributed by atoms with Crippen LogP contribution in [0.5, 0.6) is 5.75 Å². The lowest BCUT2D eigenvalue weighted by molar-refractivity contribution is 0.226. The van der Waals surface area contributed by atoms with Gasteiger partial charge in [0.2, 0.25) is 0 Å². The van der Waals surface area contributed by atoms with Crippen molar-refractivity contribution in [1.29, 1.82) is 0 Å². The number of allylic oxidation sites excluding steroid dienone is 1. The summed E-state index contributed by atoms with van der Waals surface area (Å²) in [4.78, 5) is 0. The van der Waals surface area contributed by atoms with Gasteiger partial charge in [-0.25, -0.2) is 0 Å². The van der Waals surface area contributed by atoms with Gasteiger partial charge in [-0.1, -0.05) is 12.1 Å². The van der Waals surface area contributed by atoms with Gasteiger partial charge in [0.25, 0.3) is 0 Å². The normalized spacial score (nSPS) is 22.6. The van der Waals surface area contributed by atoms with Gasteiger partial charge in [-0.3, -0.25) is 0 Å². The maximum atomic E-state index is 9.47. The Bertz CT molecular complexity index is 451. The number of aliphatic hydroxyl groups is 1. The Morgan fingerprint density at radius 2 is 2.00 bits per heavy atom. The Hall–Kier alpha value is -1.68. The lowest BCUT2D eigenvalue weighted by Crippen LogP contribution is -2.29. The van der Waals surface area contributed by atoms with Gasteiger partial charge in [0.15, 0.2) is 0 Å². The van der Waals surface area contributed by atoms with E-state index in [0.29, 0.717) is 6.42 Å². The van der Waals surface area contributed by atoms with Crippen molar-refractivity contribution in [1.82, 2.24) is 0 Å². The van der Waals surface area contributed by atoms with Crippen LogP contribution in [0.15, 0.2) is 46.3 Å². The molecule has 1 aromatic rings. The van der Waals surface area contributed by atoms with E-state index in [1.165, 1.54) is 0 Å². The fourth-order valence-electron chi connectivity index (χ4n) is 1.94. The molecule has 90 valence electrons. The zero-order valence-electron chi connectivity index (χ0n) is 10.1. The minimum Gasteiger partial charge on any atom is -0.497 e. The third-order valence-corrected chi connectivity index (χ3v) is 2.83. The molecule has 17 heavy (non-hydrogen) atoms. The quantitative estimate of drug-likeness (QED) is 0.866. The standard InChI is InChI=1S/C13H16N2O2/c1-10-7-13(9-16,15-14-10)8-11-3-5-12(17-2)6-4-11/h3-7,16H,8-9H2,1-2H3. The molecule has 1 N–H and O–H groups in total. The van der Waals surface area contributed by atoms with Gasteiger partial charge in [0.1, 0.15) is 11.3 Å². The van der Waals surface area contributed by atoms with Crippen molar-refractivity contribution in [2.24, 2.45) is 10.2 Å². The molecule has 0 aliphatic carbocycles.